The van der Waals surface area contributed by atoms with Crippen molar-refractivity contribution in [3.8, 4) is 11.4 Å². The second kappa shape index (κ2) is 7.73. The third-order valence-electron chi connectivity index (χ3n) is 7.11. The number of nitrogens with zero attached hydrogens (tertiary/aromatic N) is 4. The van der Waals surface area contributed by atoms with Crippen LogP contribution in [0, 0.1) is 23.2 Å². The molecule has 4 fully saturated rings. The summed E-state index contributed by atoms with van der Waals surface area (Å²) in [5.74, 6) is 2.74. The van der Waals surface area contributed by atoms with E-state index in [1.165, 1.54) is 24.1 Å². The van der Waals surface area contributed by atoms with Crippen LogP contribution in [0.15, 0.2) is 24.3 Å². The number of tetrazole rings is 1. The lowest BCUT2D eigenvalue weighted by atomic mass is 9.49. The van der Waals surface area contributed by atoms with E-state index in [-0.39, 0.29) is 29.8 Å². The minimum atomic E-state index is -0.159. The van der Waals surface area contributed by atoms with Gasteiger partial charge in [0.25, 0.3) is 0 Å². The number of aromatic nitrogens is 4. The van der Waals surface area contributed by atoms with Gasteiger partial charge in [0.1, 0.15) is 6.54 Å². The molecule has 164 valence electrons. The molecule has 0 unspecified atom stereocenters. The predicted octanol–water partition coefficient (Wildman–Crippen LogP) is 3.02. The molecule has 2 amide bonds. The topological polar surface area (TPSA) is 102 Å². The number of carbonyl (C=O) groups excluding carboxylic acids is 2. The summed E-state index contributed by atoms with van der Waals surface area (Å²) in [5.41, 5.74) is 1.44. The molecule has 4 aliphatic carbocycles. The zero-order valence-electron chi connectivity index (χ0n) is 18.2. The van der Waals surface area contributed by atoms with Crippen molar-refractivity contribution in [2.75, 3.05) is 5.32 Å². The number of carbonyl (C=O) groups is 2. The van der Waals surface area contributed by atoms with Crippen molar-refractivity contribution in [3.63, 3.8) is 0 Å². The van der Waals surface area contributed by atoms with Crippen LogP contribution >= 0.6 is 0 Å². The Balaban J connectivity index is 1.23. The fraction of sp³-hybridized carbons (Fsp3) is 0.609. The second-order valence-electron chi connectivity index (χ2n) is 10.1. The van der Waals surface area contributed by atoms with E-state index in [4.69, 9.17) is 0 Å². The minimum Gasteiger partial charge on any atom is -0.352 e. The lowest BCUT2D eigenvalue weighted by molar-refractivity contribution is -0.140. The average Bonchev–Trinajstić information content (AvgIpc) is 3.15. The summed E-state index contributed by atoms with van der Waals surface area (Å²) in [4.78, 5) is 26.4. The van der Waals surface area contributed by atoms with Crippen LogP contribution in [0.5, 0.6) is 0 Å². The van der Waals surface area contributed by atoms with Gasteiger partial charge in [-0.2, -0.15) is 4.80 Å². The van der Waals surface area contributed by atoms with Crippen molar-refractivity contribution in [1.29, 1.82) is 0 Å². The first-order valence-corrected chi connectivity index (χ1v) is 11.4. The minimum absolute atomic E-state index is 0.0321. The predicted molar refractivity (Wildman–Crippen MR) is 116 cm³/mol. The zero-order chi connectivity index (χ0) is 21.6. The molecule has 0 spiro atoms. The van der Waals surface area contributed by atoms with E-state index >= 15 is 0 Å². The smallest absolute Gasteiger partial charge is 0.243 e. The molecule has 31 heavy (non-hydrogen) atoms. The van der Waals surface area contributed by atoms with Crippen LogP contribution in [-0.4, -0.2) is 38.1 Å². The molecule has 4 aliphatic rings. The first kappa shape index (κ1) is 20.2. The molecule has 8 nitrogen and oxygen atoms in total. The SMILES string of the molecule is CC(C)NC(=O)Cn1nnc(-c2ccc(NC(=O)C34CC5CC(CC(C5)C3)C4)cc2)n1. The molecule has 2 aromatic rings. The van der Waals surface area contributed by atoms with E-state index in [1.54, 1.807) is 0 Å². The van der Waals surface area contributed by atoms with Crippen molar-refractivity contribution < 1.29 is 9.59 Å². The Morgan fingerprint density at radius 2 is 1.68 bits per heavy atom. The number of anilines is 1. The number of rotatable bonds is 6. The molecule has 8 heteroatoms. The Hall–Kier alpha value is -2.77. The molecule has 1 aromatic carbocycles. The average molecular weight is 423 g/mol. The van der Waals surface area contributed by atoms with Crippen LogP contribution in [0.2, 0.25) is 0 Å². The molecule has 4 bridgehead atoms. The fourth-order valence-corrected chi connectivity index (χ4v) is 6.28. The summed E-state index contributed by atoms with van der Waals surface area (Å²) in [6.45, 7) is 3.84. The highest BCUT2D eigenvalue weighted by Crippen LogP contribution is 2.60. The summed E-state index contributed by atoms with van der Waals surface area (Å²) in [5, 5.41) is 18.3. The van der Waals surface area contributed by atoms with Crippen molar-refractivity contribution >= 4 is 17.5 Å². The van der Waals surface area contributed by atoms with Gasteiger partial charge in [-0.25, -0.2) is 0 Å². The maximum Gasteiger partial charge on any atom is 0.243 e. The van der Waals surface area contributed by atoms with Crippen LogP contribution < -0.4 is 10.6 Å². The van der Waals surface area contributed by atoms with Gasteiger partial charge >= 0.3 is 0 Å². The molecule has 0 atom stereocenters. The first-order chi connectivity index (χ1) is 14.9. The summed E-state index contributed by atoms with van der Waals surface area (Å²) in [6, 6.07) is 7.60. The van der Waals surface area contributed by atoms with Crippen LogP contribution in [0.4, 0.5) is 5.69 Å². The van der Waals surface area contributed by atoms with Crippen LogP contribution in [0.1, 0.15) is 52.4 Å². The van der Waals surface area contributed by atoms with Crippen molar-refractivity contribution in [2.45, 2.75) is 65.0 Å². The number of nitrogens with one attached hydrogen (secondary N) is 2. The fourth-order valence-electron chi connectivity index (χ4n) is 6.28. The molecule has 0 aliphatic heterocycles. The molecule has 0 saturated heterocycles. The van der Waals surface area contributed by atoms with Crippen molar-refractivity contribution in [3.05, 3.63) is 24.3 Å². The first-order valence-electron chi connectivity index (χ1n) is 11.4. The number of hydrogen-bond donors (Lipinski definition) is 2. The lowest BCUT2D eigenvalue weighted by Crippen LogP contribution is -2.51. The van der Waals surface area contributed by atoms with Crippen molar-refractivity contribution in [1.82, 2.24) is 25.5 Å². The summed E-state index contributed by atoms with van der Waals surface area (Å²) >= 11 is 0. The Labute approximate surface area is 182 Å². The highest BCUT2D eigenvalue weighted by atomic mass is 16.2. The van der Waals surface area contributed by atoms with Gasteiger partial charge in [0.05, 0.1) is 5.41 Å². The number of hydrogen-bond acceptors (Lipinski definition) is 5. The van der Waals surface area contributed by atoms with Gasteiger partial charge in [-0.05, 0) is 99.6 Å². The van der Waals surface area contributed by atoms with Gasteiger partial charge in [0.15, 0.2) is 0 Å². The highest BCUT2D eigenvalue weighted by molar-refractivity contribution is 5.95. The largest absolute Gasteiger partial charge is 0.352 e. The second-order valence-corrected chi connectivity index (χ2v) is 10.1. The molecule has 1 aromatic heterocycles. The van der Waals surface area contributed by atoms with Crippen LogP contribution in [0.3, 0.4) is 0 Å². The van der Waals surface area contributed by atoms with E-state index in [9.17, 15) is 9.59 Å². The maximum atomic E-state index is 13.2. The van der Waals surface area contributed by atoms with Gasteiger partial charge in [-0.15, -0.1) is 10.2 Å². The quantitative estimate of drug-likeness (QED) is 0.745. The molecule has 4 saturated carbocycles. The van der Waals surface area contributed by atoms with Gasteiger partial charge in [-0.1, -0.05) is 0 Å². The molecular formula is C23H30N6O2. The van der Waals surface area contributed by atoms with E-state index in [0.29, 0.717) is 5.82 Å². The maximum absolute atomic E-state index is 13.2. The molecule has 6 rings (SSSR count). The molecule has 1 heterocycles. The third kappa shape index (κ3) is 4.07. The Kier molecular flexibility index (Phi) is 5.02. The van der Waals surface area contributed by atoms with E-state index < -0.39 is 0 Å². The monoisotopic (exact) mass is 422 g/mol. The third-order valence-corrected chi connectivity index (χ3v) is 7.11. The van der Waals surface area contributed by atoms with Gasteiger partial charge in [-0.3, -0.25) is 9.59 Å². The highest BCUT2D eigenvalue weighted by Gasteiger charge is 2.54. The summed E-state index contributed by atoms with van der Waals surface area (Å²) in [6.07, 6.45) is 7.15. The van der Waals surface area contributed by atoms with Gasteiger partial charge < -0.3 is 10.6 Å². The Morgan fingerprint density at radius 3 is 2.26 bits per heavy atom. The normalized spacial score (nSPS) is 28.7. The van der Waals surface area contributed by atoms with E-state index in [0.717, 1.165) is 48.3 Å². The molecule has 2 N–H and O–H groups in total. The summed E-state index contributed by atoms with van der Waals surface area (Å²) < 4.78 is 0. The van der Waals surface area contributed by atoms with Crippen LogP contribution in [0.25, 0.3) is 11.4 Å². The number of amides is 2. The molecular weight excluding hydrogens is 392 g/mol. The standard InChI is InChI=1S/C23H30N6O2/c1-14(2)24-20(30)13-29-27-21(26-28-29)18-3-5-19(6-4-18)25-22(31)23-10-15-7-16(11-23)9-17(8-15)12-23/h3-6,14-17H,7-13H2,1-2H3,(H,24,30)(H,25,31). The summed E-state index contributed by atoms with van der Waals surface area (Å²) in [7, 11) is 0. The van der Waals surface area contributed by atoms with Gasteiger partial charge in [0.2, 0.25) is 17.6 Å². The molecule has 0 radical (unpaired) electrons. The van der Waals surface area contributed by atoms with E-state index in [2.05, 4.69) is 26.0 Å². The number of benzene rings is 1. The Morgan fingerprint density at radius 1 is 1.06 bits per heavy atom. The lowest BCUT2D eigenvalue weighted by Gasteiger charge is -2.55. The zero-order valence-corrected chi connectivity index (χ0v) is 18.2. The van der Waals surface area contributed by atoms with Gasteiger partial charge in [0, 0.05) is 17.3 Å². The van der Waals surface area contributed by atoms with Crippen LogP contribution in [-0.2, 0) is 16.1 Å². The van der Waals surface area contributed by atoms with E-state index in [1.807, 2.05) is 38.1 Å². The Bertz CT molecular complexity index is 945. The van der Waals surface area contributed by atoms with Crippen molar-refractivity contribution in [2.24, 2.45) is 23.2 Å².